The van der Waals surface area contributed by atoms with Crippen molar-refractivity contribution >= 4 is 17.6 Å². The van der Waals surface area contributed by atoms with Crippen LogP contribution in [0.3, 0.4) is 0 Å². The molecule has 3 unspecified atom stereocenters. The zero-order valence-corrected chi connectivity index (χ0v) is 19.2. The minimum Gasteiger partial charge on any atom is -0.497 e. The summed E-state index contributed by atoms with van der Waals surface area (Å²) in [5, 5.41) is 7.06. The maximum absolute atomic E-state index is 5.67. The fraction of sp³-hybridized carbons (Fsp3) is 0.308. The lowest BCUT2D eigenvalue weighted by Gasteiger charge is -2.13. The summed E-state index contributed by atoms with van der Waals surface area (Å²) in [6, 6.07) is 16.2. The van der Waals surface area contributed by atoms with E-state index in [0.717, 1.165) is 27.6 Å². The first-order valence-corrected chi connectivity index (χ1v) is 11.8. The molecule has 2 aromatic carbocycles. The molecule has 1 aromatic heterocycles. The van der Waals surface area contributed by atoms with Crippen LogP contribution in [-0.2, 0) is 6.54 Å². The third kappa shape index (κ3) is 4.15. The van der Waals surface area contributed by atoms with Crippen LogP contribution in [0.15, 0.2) is 76.2 Å². The molecule has 0 N–H and O–H groups in total. The Bertz CT molecular complexity index is 1210. The van der Waals surface area contributed by atoms with E-state index < -0.39 is 0 Å². The summed E-state index contributed by atoms with van der Waals surface area (Å²) in [5.41, 5.74) is 3.12. The van der Waals surface area contributed by atoms with E-state index in [9.17, 15) is 0 Å². The molecule has 5 nitrogen and oxygen atoms in total. The lowest BCUT2D eigenvalue weighted by atomic mass is 9.95. The predicted octanol–water partition coefficient (Wildman–Crippen LogP) is 5.38. The van der Waals surface area contributed by atoms with Crippen molar-refractivity contribution in [2.24, 2.45) is 27.8 Å². The van der Waals surface area contributed by atoms with Gasteiger partial charge >= 0.3 is 0 Å². The number of methoxy groups -OCH3 is 2. The van der Waals surface area contributed by atoms with Gasteiger partial charge in [0.1, 0.15) is 11.5 Å². The smallest absolute Gasteiger partial charge is 0.206 e. The van der Waals surface area contributed by atoms with Gasteiger partial charge < -0.3 is 9.47 Å². The Labute approximate surface area is 192 Å². The van der Waals surface area contributed by atoms with Crippen molar-refractivity contribution in [3.63, 3.8) is 0 Å². The lowest BCUT2D eigenvalue weighted by Crippen LogP contribution is -2.15. The fourth-order valence-corrected chi connectivity index (χ4v) is 5.43. The molecule has 2 aliphatic rings. The van der Waals surface area contributed by atoms with Gasteiger partial charge in [0, 0.05) is 29.1 Å². The molecule has 1 heterocycles. The molecule has 3 atom stereocenters. The number of ether oxygens (including phenoxy) is 2. The maximum Gasteiger partial charge on any atom is 0.206 e. The van der Waals surface area contributed by atoms with Crippen LogP contribution in [0.2, 0.25) is 0 Å². The molecular weight excluding hydrogens is 418 g/mol. The summed E-state index contributed by atoms with van der Waals surface area (Å²) < 4.78 is 13.0. The predicted molar refractivity (Wildman–Crippen MR) is 129 cm³/mol. The number of hydrogen-bond acceptors (Lipinski definition) is 5. The Balaban J connectivity index is 1.55. The van der Waals surface area contributed by atoms with Crippen molar-refractivity contribution in [2.45, 2.75) is 19.4 Å². The minimum absolute atomic E-state index is 0.491. The molecule has 0 saturated heterocycles. The first-order chi connectivity index (χ1) is 15.7. The van der Waals surface area contributed by atoms with Gasteiger partial charge in [-0.05, 0) is 42.4 Å². The molecule has 1 saturated carbocycles. The summed E-state index contributed by atoms with van der Waals surface area (Å²) in [4.78, 5) is 5.77. The van der Waals surface area contributed by atoms with Gasteiger partial charge in [0.15, 0.2) is 0 Å². The second-order valence-corrected chi connectivity index (χ2v) is 9.13. The van der Waals surface area contributed by atoms with Gasteiger partial charge in [-0.2, -0.15) is 5.10 Å². The van der Waals surface area contributed by atoms with Crippen molar-refractivity contribution in [3.05, 3.63) is 76.4 Å². The maximum atomic E-state index is 5.67. The van der Waals surface area contributed by atoms with Gasteiger partial charge in [-0.3, -0.25) is 4.99 Å². The van der Waals surface area contributed by atoms with Crippen LogP contribution >= 0.6 is 11.3 Å². The van der Waals surface area contributed by atoms with E-state index in [0.29, 0.717) is 24.3 Å². The van der Waals surface area contributed by atoms with Gasteiger partial charge in [0.05, 0.1) is 26.5 Å². The van der Waals surface area contributed by atoms with E-state index in [1.54, 1.807) is 25.6 Å². The molecule has 5 rings (SSSR count). The number of rotatable bonds is 7. The number of hydrogen-bond donors (Lipinski definition) is 0. The molecule has 6 heteroatoms. The van der Waals surface area contributed by atoms with E-state index in [2.05, 4.69) is 35.9 Å². The Hall–Kier alpha value is -3.12. The van der Waals surface area contributed by atoms with Gasteiger partial charge in [0.2, 0.25) is 4.80 Å². The van der Waals surface area contributed by atoms with Gasteiger partial charge in [0.25, 0.3) is 0 Å². The number of nitrogens with zero attached hydrogens (tertiary/aromatic N) is 3. The van der Waals surface area contributed by atoms with Crippen LogP contribution in [0.4, 0.5) is 0 Å². The summed E-state index contributed by atoms with van der Waals surface area (Å²) in [7, 11) is 3.34. The van der Waals surface area contributed by atoms with Gasteiger partial charge in [-0.1, -0.05) is 42.5 Å². The van der Waals surface area contributed by atoms with Crippen molar-refractivity contribution in [2.75, 3.05) is 14.2 Å². The number of aromatic nitrogens is 1. The monoisotopic (exact) mass is 445 g/mol. The Morgan fingerprint density at radius 2 is 1.94 bits per heavy atom. The average molecular weight is 446 g/mol. The summed E-state index contributed by atoms with van der Waals surface area (Å²) in [6.45, 7) is 0.618. The molecule has 164 valence electrons. The largest absolute Gasteiger partial charge is 0.497 e. The normalized spacial score (nSPS) is 22.2. The van der Waals surface area contributed by atoms with Crippen molar-refractivity contribution in [1.82, 2.24) is 4.68 Å². The second kappa shape index (κ2) is 9.17. The Kier molecular flexibility index (Phi) is 5.95. The Morgan fingerprint density at radius 1 is 1.06 bits per heavy atom. The summed E-state index contributed by atoms with van der Waals surface area (Å²) >= 11 is 1.60. The fourth-order valence-electron chi connectivity index (χ4n) is 4.60. The van der Waals surface area contributed by atoms with Crippen LogP contribution in [0.25, 0.3) is 11.3 Å². The van der Waals surface area contributed by atoms with Crippen LogP contribution in [0, 0.1) is 17.8 Å². The van der Waals surface area contributed by atoms with Crippen molar-refractivity contribution in [3.8, 4) is 22.8 Å². The SMILES string of the molecule is COc1ccc(-c2csc(=NCc3ccccc3)n2N=CC2CC3C=CC2C3)c(OC)c1. The Morgan fingerprint density at radius 3 is 2.66 bits per heavy atom. The highest BCUT2D eigenvalue weighted by Gasteiger charge is 2.34. The molecule has 32 heavy (non-hydrogen) atoms. The third-order valence-electron chi connectivity index (χ3n) is 6.31. The van der Waals surface area contributed by atoms with Gasteiger partial charge in [-0.15, -0.1) is 11.3 Å². The topological polar surface area (TPSA) is 48.1 Å². The molecule has 0 spiro atoms. The van der Waals surface area contributed by atoms with Crippen LogP contribution in [0.1, 0.15) is 18.4 Å². The zero-order chi connectivity index (χ0) is 21.9. The summed E-state index contributed by atoms with van der Waals surface area (Å²) in [5.74, 6) is 3.34. The molecule has 0 aliphatic heterocycles. The first kappa shape index (κ1) is 20.8. The quantitative estimate of drug-likeness (QED) is 0.362. The lowest BCUT2D eigenvalue weighted by molar-refractivity contribution is 0.395. The second-order valence-electron chi connectivity index (χ2n) is 8.29. The van der Waals surface area contributed by atoms with E-state index >= 15 is 0 Å². The first-order valence-electron chi connectivity index (χ1n) is 11.0. The molecule has 1 fully saturated rings. The van der Waals surface area contributed by atoms with Gasteiger partial charge in [-0.25, -0.2) is 4.68 Å². The molecule has 2 bridgehead atoms. The highest BCUT2D eigenvalue weighted by atomic mass is 32.1. The number of benzene rings is 2. The molecule has 0 amide bonds. The average Bonchev–Trinajstić information content (AvgIpc) is 3.57. The minimum atomic E-state index is 0.491. The number of fused-ring (bicyclic) bond motifs is 2. The van der Waals surface area contributed by atoms with E-state index in [1.165, 1.54) is 18.4 Å². The van der Waals surface area contributed by atoms with E-state index in [-0.39, 0.29) is 0 Å². The molecular formula is C26H27N3O2S. The number of thiazole rings is 1. The van der Waals surface area contributed by atoms with Crippen molar-refractivity contribution < 1.29 is 9.47 Å². The molecule has 3 aromatic rings. The van der Waals surface area contributed by atoms with Crippen molar-refractivity contribution in [1.29, 1.82) is 0 Å². The highest BCUT2D eigenvalue weighted by molar-refractivity contribution is 7.07. The third-order valence-corrected chi connectivity index (χ3v) is 7.17. The molecule has 2 aliphatic carbocycles. The molecule has 0 radical (unpaired) electrons. The highest BCUT2D eigenvalue weighted by Crippen LogP contribution is 2.42. The number of allylic oxidation sites excluding steroid dienone is 2. The van der Waals surface area contributed by atoms with E-state index in [4.69, 9.17) is 19.6 Å². The standard InChI is InChI=1S/C26H27N3O2S/c1-30-22-10-11-23(25(14-22)31-2)24-17-32-26(27-15-18-6-4-3-5-7-18)29(24)28-16-21-13-19-8-9-20(21)12-19/h3-11,14,16-17,19-21H,12-13,15H2,1-2H3. The van der Waals surface area contributed by atoms with Crippen LogP contribution in [0.5, 0.6) is 11.5 Å². The van der Waals surface area contributed by atoms with E-state index in [1.807, 2.05) is 41.1 Å². The van der Waals surface area contributed by atoms with Crippen LogP contribution < -0.4 is 14.3 Å². The summed E-state index contributed by atoms with van der Waals surface area (Å²) in [6.07, 6.45) is 9.29. The van der Waals surface area contributed by atoms with Crippen LogP contribution in [-0.4, -0.2) is 25.1 Å². The zero-order valence-electron chi connectivity index (χ0n) is 18.3.